The summed E-state index contributed by atoms with van der Waals surface area (Å²) in [5.41, 5.74) is 0.553. The summed E-state index contributed by atoms with van der Waals surface area (Å²) in [5.74, 6) is -0.623. The van der Waals surface area contributed by atoms with Crippen molar-refractivity contribution >= 4 is 34.4 Å². The van der Waals surface area contributed by atoms with Gasteiger partial charge in [-0.25, -0.2) is 9.38 Å². The van der Waals surface area contributed by atoms with E-state index in [0.29, 0.717) is 27.4 Å². The van der Waals surface area contributed by atoms with Gasteiger partial charge in [0, 0.05) is 17.2 Å². The highest BCUT2D eigenvalue weighted by atomic mass is 32.2. The van der Waals surface area contributed by atoms with Crippen LogP contribution in [-0.2, 0) is 0 Å². The average molecular weight is 338 g/mol. The van der Waals surface area contributed by atoms with Gasteiger partial charge in [-0.15, -0.1) is 11.8 Å². The van der Waals surface area contributed by atoms with E-state index in [1.54, 1.807) is 6.92 Å². The summed E-state index contributed by atoms with van der Waals surface area (Å²) in [5, 5.41) is 3.65. The summed E-state index contributed by atoms with van der Waals surface area (Å²) in [7, 11) is 0. The highest BCUT2D eigenvalue weighted by Gasteiger charge is 2.27. The third-order valence-corrected chi connectivity index (χ3v) is 4.92. The lowest BCUT2D eigenvalue weighted by Gasteiger charge is -2.15. The standard InChI is InChI=1S/C13H14F4N2S2/c1-8-5-9(14)10(19-12-18-3-2-4-20-12)6-11(8)21-7-13(15,16)17/h5-6H,2-4,7H2,1H3,(H,18,19). The Morgan fingerprint density at radius 1 is 1.38 bits per heavy atom. The minimum absolute atomic E-state index is 0.0715. The molecular weight excluding hydrogens is 324 g/mol. The van der Waals surface area contributed by atoms with Gasteiger partial charge in [-0.1, -0.05) is 11.8 Å². The van der Waals surface area contributed by atoms with Crippen molar-refractivity contribution in [2.75, 3.05) is 18.1 Å². The number of nitrogens with zero attached hydrogens (tertiary/aromatic N) is 1. The molecule has 0 aliphatic carbocycles. The van der Waals surface area contributed by atoms with Gasteiger partial charge in [-0.3, -0.25) is 0 Å². The lowest BCUT2D eigenvalue weighted by molar-refractivity contribution is -0.105. The molecule has 0 radical (unpaired) electrons. The van der Waals surface area contributed by atoms with Gasteiger partial charge in [0.2, 0.25) is 0 Å². The molecule has 2 rings (SSSR count). The van der Waals surface area contributed by atoms with Crippen molar-refractivity contribution in [2.45, 2.75) is 24.4 Å². The van der Waals surface area contributed by atoms with Gasteiger partial charge in [0.15, 0.2) is 5.17 Å². The molecule has 116 valence electrons. The van der Waals surface area contributed by atoms with Crippen molar-refractivity contribution < 1.29 is 17.6 Å². The first kappa shape index (κ1) is 16.5. The fourth-order valence-electron chi connectivity index (χ4n) is 1.71. The zero-order chi connectivity index (χ0) is 15.5. The molecule has 1 aromatic carbocycles. The van der Waals surface area contributed by atoms with E-state index in [1.807, 2.05) is 0 Å². The third kappa shape index (κ3) is 5.10. The molecule has 1 heterocycles. The van der Waals surface area contributed by atoms with Crippen molar-refractivity contribution in [3.63, 3.8) is 0 Å². The molecule has 1 aliphatic rings. The van der Waals surface area contributed by atoms with Crippen LogP contribution >= 0.6 is 23.5 Å². The number of alkyl halides is 3. The van der Waals surface area contributed by atoms with Gasteiger partial charge < -0.3 is 5.32 Å². The van der Waals surface area contributed by atoms with Crippen LogP contribution in [0.3, 0.4) is 0 Å². The third-order valence-electron chi connectivity index (χ3n) is 2.69. The summed E-state index contributed by atoms with van der Waals surface area (Å²) in [6, 6.07) is 2.61. The molecule has 0 atom stereocenters. The molecule has 0 aromatic heterocycles. The smallest absolute Gasteiger partial charge is 0.365 e. The molecule has 1 N–H and O–H groups in total. The lowest BCUT2D eigenvalue weighted by Crippen LogP contribution is -2.26. The second kappa shape index (κ2) is 6.91. The number of amidine groups is 1. The lowest BCUT2D eigenvalue weighted by atomic mass is 10.2. The highest BCUT2D eigenvalue weighted by Crippen LogP contribution is 2.33. The molecule has 0 amide bonds. The molecular formula is C13H14F4N2S2. The van der Waals surface area contributed by atoms with E-state index in [0.717, 1.165) is 18.7 Å². The summed E-state index contributed by atoms with van der Waals surface area (Å²) in [6.45, 7) is 2.36. The van der Waals surface area contributed by atoms with E-state index in [2.05, 4.69) is 10.3 Å². The SMILES string of the molecule is Cc1cc(F)c(N=C2NCCCS2)cc1SCC(F)(F)F. The number of hydrogen-bond donors (Lipinski definition) is 1. The number of benzene rings is 1. The molecule has 0 spiro atoms. The molecule has 1 aliphatic heterocycles. The first-order valence-electron chi connectivity index (χ1n) is 6.30. The Bertz CT molecular complexity index is 536. The topological polar surface area (TPSA) is 24.4 Å². The van der Waals surface area contributed by atoms with Crippen LogP contribution < -0.4 is 5.32 Å². The maximum Gasteiger partial charge on any atom is 0.398 e. The minimum atomic E-state index is -4.25. The van der Waals surface area contributed by atoms with Crippen LogP contribution in [-0.4, -0.2) is 29.4 Å². The molecule has 2 nitrogen and oxygen atoms in total. The van der Waals surface area contributed by atoms with Crippen LogP contribution in [0, 0.1) is 12.7 Å². The predicted octanol–water partition coefficient (Wildman–Crippen LogP) is 4.50. The van der Waals surface area contributed by atoms with Crippen LogP contribution in [0.25, 0.3) is 0 Å². The number of halogens is 4. The zero-order valence-electron chi connectivity index (χ0n) is 11.3. The molecule has 0 unspecified atom stereocenters. The maximum absolute atomic E-state index is 13.9. The molecule has 1 saturated heterocycles. The average Bonchev–Trinajstić information content (AvgIpc) is 2.41. The fraction of sp³-hybridized carbons (Fsp3) is 0.462. The Labute approximate surface area is 128 Å². The zero-order valence-corrected chi connectivity index (χ0v) is 12.9. The summed E-state index contributed by atoms with van der Waals surface area (Å²) in [4.78, 5) is 4.56. The largest absolute Gasteiger partial charge is 0.398 e. The van der Waals surface area contributed by atoms with Gasteiger partial charge in [0.25, 0.3) is 0 Å². The van der Waals surface area contributed by atoms with E-state index < -0.39 is 17.7 Å². The van der Waals surface area contributed by atoms with Crippen LogP contribution in [0.2, 0.25) is 0 Å². The van der Waals surface area contributed by atoms with Gasteiger partial charge in [-0.2, -0.15) is 13.2 Å². The maximum atomic E-state index is 13.9. The van der Waals surface area contributed by atoms with Crippen LogP contribution in [0.1, 0.15) is 12.0 Å². The first-order chi connectivity index (χ1) is 9.85. The van der Waals surface area contributed by atoms with E-state index >= 15 is 0 Å². The second-order valence-electron chi connectivity index (χ2n) is 4.52. The number of rotatable bonds is 3. The van der Waals surface area contributed by atoms with Crippen molar-refractivity contribution in [1.29, 1.82) is 0 Å². The molecule has 1 aromatic rings. The first-order valence-corrected chi connectivity index (χ1v) is 8.27. The Morgan fingerprint density at radius 2 is 2.14 bits per heavy atom. The van der Waals surface area contributed by atoms with E-state index in [9.17, 15) is 17.6 Å². The number of thioether (sulfide) groups is 2. The number of nitrogens with one attached hydrogen (secondary N) is 1. The van der Waals surface area contributed by atoms with Gasteiger partial charge in [0.05, 0.1) is 5.75 Å². The summed E-state index contributed by atoms with van der Waals surface area (Å²) >= 11 is 2.13. The normalized spacial score (nSPS) is 17.9. The van der Waals surface area contributed by atoms with Crippen molar-refractivity contribution in [2.24, 2.45) is 4.99 Å². The van der Waals surface area contributed by atoms with Gasteiger partial charge in [0.1, 0.15) is 11.5 Å². The number of aryl methyl sites for hydroxylation is 1. The second-order valence-corrected chi connectivity index (χ2v) is 6.62. The van der Waals surface area contributed by atoms with Crippen molar-refractivity contribution in [3.8, 4) is 0 Å². The molecule has 0 saturated carbocycles. The van der Waals surface area contributed by atoms with Crippen molar-refractivity contribution in [1.82, 2.24) is 5.32 Å². The highest BCUT2D eigenvalue weighted by molar-refractivity contribution is 8.13. The summed E-state index contributed by atoms with van der Waals surface area (Å²) in [6.07, 6.45) is -3.24. The van der Waals surface area contributed by atoms with Gasteiger partial charge >= 0.3 is 6.18 Å². The summed E-state index contributed by atoms with van der Waals surface area (Å²) < 4.78 is 50.8. The van der Waals surface area contributed by atoms with Crippen molar-refractivity contribution in [3.05, 3.63) is 23.5 Å². The Hall–Kier alpha value is -0.890. The minimum Gasteiger partial charge on any atom is -0.365 e. The van der Waals surface area contributed by atoms with Crippen LogP contribution in [0.4, 0.5) is 23.2 Å². The number of hydrogen-bond acceptors (Lipinski definition) is 3. The number of aliphatic imine (C=N–C) groups is 1. The van der Waals surface area contributed by atoms with E-state index in [-0.39, 0.29) is 5.69 Å². The molecule has 0 bridgehead atoms. The quantitative estimate of drug-likeness (QED) is 0.648. The molecule has 8 heteroatoms. The van der Waals surface area contributed by atoms with Crippen LogP contribution in [0.15, 0.2) is 22.0 Å². The van der Waals surface area contributed by atoms with E-state index in [4.69, 9.17) is 0 Å². The molecule has 21 heavy (non-hydrogen) atoms. The van der Waals surface area contributed by atoms with Crippen LogP contribution in [0.5, 0.6) is 0 Å². The monoisotopic (exact) mass is 338 g/mol. The predicted molar refractivity (Wildman–Crippen MR) is 80.1 cm³/mol. The Balaban J connectivity index is 2.21. The Kier molecular flexibility index (Phi) is 5.43. The Morgan fingerprint density at radius 3 is 2.76 bits per heavy atom. The fourth-order valence-corrected chi connectivity index (χ4v) is 3.36. The van der Waals surface area contributed by atoms with E-state index in [1.165, 1.54) is 23.9 Å². The molecule has 1 fully saturated rings. The van der Waals surface area contributed by atoms with Gasteiger partial charge in [-0.05, 0) is 31.0 Å².